The molecule has 4 aromatic rings. The van der Waals surface area contributed by atoms with Crippen molar-refractivity contribution in [2.45, 2.75) is 6.61 Å². The van der Waals surface area contributed by atoms with Crippen LogP contribution in [0, 0.1) is 0 Å². The highest BCUT2D eigenvalue weighted by Gasteiger charge is 2.13. The molecule has 7 nitrogen and oxygen atoms in total. The maximum atomic E-state index is 12.1. The molecule has 7 heteroatoms. The lowest BCUT2D eigenvalue weighted by molar-refractivity contribution is -0.111. The zero-order chi connectivity index (χ0) is 25.7. The second-order valence-electron chi connectivity index (χ2n) is 9.11. The molecular formula is C29H33N5O2. The Morgan fingerprint density at radius 2 is 1.92 bits per heavy atom. The number of hydrogen-bond acceptors (Lipinski definition) is 5. The number of fused-ring (bicyclic) bond motifs is 1. The van der Waals surface area contributed by atoms with Gasteiger partial charge in [0.2, 0.25) is 11.8 Å². The van der Waals surface area contributed by atoms with Gasteiger partial charge in [-0.1, -0.05) is 30.8 Å². The first-order chi connectivity index (χ1) is 17.4. The molecule has 0 aliphatic carbocycles. The second-order valence-corrected chi connectivity index (χ2v) is 9.11. The average molecular weight is 484 g/mol. The fraction of sp³-hybridized carbons (Fsp3) is 0.241. The maximum absolute atomic E-state index is 12.1. The molecule has 0 saturated carbocycles. The minimum atomic E-state index is -0.250. The molecule has 0 bridgehead atoms. The SMILES string of the molecule is C=CC(=O)Nc1cc(COc2cc(-c3cn(C)c4ccccc34)ccn2)ccc1N(C)CCN(C)C. The first kappa shape index (κ1) is 25.0. The number of para-hydroxylation sites is 1. The van der Waals surface area contributed by atoms with Crippen molar-refractivity contribution in [3.8, 4) is 17.0 Å². The Morgan fingerprint density at radius 1 is 1.11 bits per heavy atom. The lowest BCUT2D eigenvalue weighted by Gasteiger charge is -2.24. The van der Waals surface area contributed by atoms with Gasteiger partial charge in [-0.25, -0.2) is 4.98 Å². The number of aromatic nitrogens is 2. The van der Waals surface area contributed by atoms with Crippen LogP contribution >= 0.6 is 0 Å². The van der Waals surface area contributed by atoms with Crippen LogP contribution in [0.25, 0.3) is 22.0 Å². The molecule has 1 N–H and O–H groups in total. The molecule has 0 saturated heterocycles. The van der Waals surface area contributed by atoms with Crippen molar-refractivity contribution in [1.29, 1.82) is 0 Å². The number of amides is 1. The summed E-state index contributed by atoms with van der Waals surface area (Å²) in [5.74, 6) is 0.295. The monoisotopic (exact) mass is 483 g/mol. The van der Waals surface area contributed by atoms with E-state index < -0.39 is 0 Å². The van der Waals surface area contributed by atoms with Crippen molar-refractivity contribution >= 4 is 28.2 Å². The Morgan fingerprint density at radius 3 is 2.69 bits per heavy atom. The molecule has 0 fully saturated rings. The summed E-state index contributed by atoms with van der Waals surface area (Å²) < 4.78 is 8.19. The molecule has 186 valence electrons. The van der Waals surface area contributed by atoms with Crippen LogP contribution in [-0.2, 0) is 18.4 Å². The van der Waals surface area contributed by atoms with Crippen molar-refractivity contribution in [2.75, 3.05) is 44.4 Å². The third-order valence-electron chi connectivity index (χ3n) is 6.13. The molecule has 2 aromatic heterocycles. The zero-order valence-electron chi connectivity index (χ0n) is 21.4. The number of nitrogens with one attached hydrogen (secondary N) is 1. The summed E-state index contributed by atoms with van der Waals surface area (Å²) in [6.45, 7) is 5.62. The van der Waals surface area contributed by atoms with Gasteiger partial charge in [-0.15, -0.1) is 0 Å². The number of rotatable bonds is 10. The summed E-state index contributed by atoms with van der Waals surface area (Å²) in [5.41, 5.74) is 5.95. The lowest BCUT2D eigenvalue weighted by Crippen LogP contribution is -2.29. The molecule has 0 aliphatic heterocycles. The van der Waals surface area contributed by atoms with E-state index >= 15 is 0 Å². The third kappa shape index (κ3) is 5.75. The van der Waals surface area contributed by atoms with Crippen molar-refractivity contribution in [3.05, 3.63) is 85.2 Å². The first-order valence-corrected chi connectivity index (χ1v) is 11.9. The van der Waals surface area contributed by atoms with Gasteiger partial charge >= 0.3 is 0 Å². The third-order valence-corrected chi connectivity index (χ3v) is 6.13. The number of ether oxygens (including phenoxy) is 1. The molecule has 0 radical (unpaired) electrons. The van der Waals surface area contributed by atoms with Crippen molar-refractivity contribution in [2.24, 2.45) is 7.05 Å². The lowest BCUT2D eigenvalue weighted by atomic mass is 10.1. The molecule has 0 aliphatic rings. The summed E-state index contributed by atoms with van der Waals surface area (Å²) in [5, 5.41) is 4.12. The van der Waals surface area contributed by atoms with Gasteiger partial charge in [0.15, 0.2) is 0 Å². The van der Waals surface area contributed by atoms with E-state index in [0.29, 0.717) is 12.5 Å². The Bertz CT molecular complexity index is 1380. The largest absolute Gasteiger partial charge is 0.473 e. The van der Waals surface area contributed by atoms with Crippen LogP contribution in [-0.4, -0.2) is 54.6 Å². The highest BCUT2D eigenvalue weighted by atomic mass is 16.5. The number of anilines is 2. The number of carbonyl (C=O) groups is 1. The highest BCUT2D eigenvalue weighted by molar-refractivity contribution is 6.01. The predicted molar refractivity (Wildman–Crippen MR) is 148 cm³/mol. The van der Waals surface area contributed by atoms with Gasteiger partial charge in [0.1, 0.15) is 6.61 Å². The van der Waals surface area contributed by atoms with E-state index in [1.54, 1.807) is 6.20 Å². The molecule has 2 aromatic carbocycles. The molecule has 0 atom stereocenters. The van der Waals surface area contributed by atoms with E-state index in [-0.39, 0.29) is 5.91 Å². The van der Waals surface area contributed by atoms with E-state index in [2.05, 4.69) is 62.7 Å². The van der Waals surface area contributed by atoms with Crippen LogP contribution in [0.3, 0.4) is 0 Å². The van der Waals surface area contributed by atoms with Crippen LogP contribution in [0.5, 0.6) is 5.88 Å². The fourth-order valence-electron chi connectivity index (χ4n) is 4.15. The number of aryl methyl sites for hydroxylation is 1. The minimum absolute atomic E-state index is 0.250. The van der Waals surface area contributed by atoms with Crippen molar-refractivity contribution in [3.63, 3.8) is 0 Å². The van der Waals surface area contributed by atoms with Crippen LogP contribution in [0.2, 0.25) is 0 Å². The number of pyridine rings is 1. The zero-order valence-corrected chi connectivity index (χ0v) is 21.4. The van der Waals surface area contributed by atoms with Gasteiger partial charge in [-0.3, -0.25) is 4.79 Å². The normalized spacial score (nSPS) is 11.0. The number of likely N-dealkylation sites (N-methyl/N-ethyl adjacent to an activating group) is 2. The van der Waals surface area contributed by atoms with Crippen LogP contribution in [0.4, 0.5) is 11.4 Å². The fourth-order valence-corrected chi connectivity index (χ4v) is 4.15. The Labute approximate surface area is 212 Å². The summed E-state index contributed by atoms with van der Waals surface area (Å²) >= 11 is 0. The average Bonchev–Trinajstić information content (AvgIpc) is 3.23. The van der Waals surface area contributed by atoms with Crippen LogP contribution in [0.1, 0.15) is 5.56 Å². The van der Waals surface area contributed by atoms with Gasteiger partial charge in [0, 0.05) is 62.1 Å². The Kier molecular flexibility index (Phi) is 7.71. The van der Waals surface area contributed by atoms with E-state index in [9.17, 15) is 4.79 Å². The number of carbonyl (C=O) groups excluding carboxylic acids is 1. The summed E-state index contributed by atoms with van der Waals surface area (Å²) in [7, 11) is 8.14. The molecule has 0 unspecified atom stereocenters. The van der Waals surface area contributed by atoms with Crippen LogP contribution in [0.15, 0.2) is 79.6 Å². The van der Waals surface area contributed by atoms with Gasteiger partial charge in [0.25, 0.3) is 0 Å². The smallest absolute Gasteiger partial charge is 0.247 e. The van der Waals surface area contributed by atoms with Gasteiger partial charge < -0.3 is 24.4 Å². The van der Waals surface area contributed by atoms with Gasteiger partial charge in [-0.2, -0.15) is 0 Å². The molecule has 36 heavy (non-hydrogen) atoms. The quantitative estimate of drug-likeness (QED) is 0.324. The summed E-state index contributed by atoms with van der Waals surface area (Å²) in [6.07, 6.45) is 5.17. The van der Waals surface area contributed by atoms with E-state index in [4.69, 9.17) is 4.74 Å². The van der Waals surface area contributed by atoms with Crippen LogP contribution < -0.4 is 15.0 Å². The van der Waals surface area contributed by atoms with Gasteiger partial charge in [0.05, 0.1) is 11.4 Å². The Hall–Kier alpha value is -4.10. The molecule has 1 amide bonds. The van der Waals surface area contributed by atoms with E-state index in [1.807, 2.05) is 57.5 Å². The van der Waals surface area contributed by atoms with Crippen molar-refractivity contribution < 1.29 is 9.53 Å². The first-order valence-electron chi connectivity index (χ1n) is 11.9. The number of nitrogens with zero attached hydrogens (tertiary/aromatic N) is 4. The summed E-state index contributed by atoms with van der Waals surface area (Å²) in [6, 6.07) is 18.3. The summed E-state index contributed by atoms with van der Waals surface area (Å²) in [4.78, 5) is 20.7. The maximum Gasteiger partial charge on any atom is 0.247 e. The molecular weight excluding hydrogens is 450 g/mol. The standard InChI is InChI=1S/C29H33N5O2/c1-6-28(35)31-25-17-21(11-12-27(25)33(4)16-15-32(2)3)20-36-29-18-22(13-14-30-29)24-19-34(5)26-10-8-7-9-23(24)26/h6-14,17-19H,1,15-16,20H2,2-5H3,(H,31,35). The Balaban J connectivity index is 1.54. The molecule has 0 spiro atoms. The highest BCUT2D eigenvalue weighted by Crippen LogP contribution is 2.32. The topological polar surface area (TPSA) is 62.6 Å². The van der Waals surface area contributed by atoms with Crippen molar-refractivity contribution in [1.82, 2.24) is 14.5 Å². The van der Waals surface area contributed by atoms with E-state index in [0.717, 1.165) is 41.2 Å². The number of hydrogen-bond donors (Lipinski definition) is 1. The molecule has 4 rings (SSSR count). The van der Waals surface area contributed by atoms with Gasteiger partial charge in [-0.05, 0) is 55.6 Å². The molecule has 2 heterocycles. The predicted octanol–water partition coefficient (Wildman–Crippen LogP) is 4.94. The number of benzene rings is 2. The second kappa shape index (κ2) is 11.1. The minimum Gasteiger partial charge on any atom is -0.473 e. The van der Waals surface area contributed by atoms with E-state index in [1.165, 1.54) is 17.0 Å².